The molecule has 0 unspecified atom stereocenters. The summed E-state index contributed by atoms with van der Waals surface area (Å²) in [4.78, 5) is 11.2. The Bertz CT molecular complexity index is 228. The van der Waals surface area contributed by atoms with Crippen LogP contribution in [0.3, 0.4) is 0 Å². The maximum Gasteiger partial charge on any atom is 0.343 e. The molecule has 0 aromatic rings. The highest BCUT2D eigenvalue weighted by Crippen LogP contribution is 2.25. The summed E-state index contributed by atoms with van der Waals surface area (Å²) in [6.45, 7) is 0. The molecule has 86 valence electrons. The van der Waals surface area contributed by atoms with E-state index in [2.05, 4.69) is 28.7 Å². The first-order valence-electron chi connectivity index (χ1n) is 5.69. The van der Waals surface area contributed by atoms with E-state index in [9.17, 15) is 4.79 Å². The third-order valence-electron chi connectivity index (χ3n) is 2.91. The Morgan fingerprint density at radius 3 is 2.27 bits per heavy atom. The first kappa shape index (κ1) is 13.0. The summed E-state index contributed by atoms with van der Waals surface area (Å²) in [6, 6.07) is 0. The zero-order chi connectivity index (χ0) is 11.1. The molecule has 0 saturated heterocycles. The lowest BCUT2D eigenvalue weighted by atomic mass is 9.91. The predicted molar refractivity (Wildman–Crippen MR) is 69.9 cm³/mol. The van der Waals surface area contributed by atoms with Gasteiger partial charge in [0, 0.05) is 0 Å². The second kappa shape index (κ2) is 7.25. The van der Waals surface area contributed by atoms with E-state index in [4.69, 9.17) is 4.74 Å². The first-order valence-corrected chi connectivity index (χ1v) is 6.77. The van der Waals surface area contributed by atoms with Gasteiger partial charge in [-0.2, -0.15) is 0 Å². The number of hydrogen-bond acceptors (Lipinski definition) is 2. The monoisotopic (exact) mass is 322 g/mol. The molecule has 2 nitrogen and oxygen atoms in total. The zero-order valence-corrected chi connectivity index (χ0v) is 11.5. The average Bonchev–Trinajstić information content (AvgIpc) is 2.20. The predicted octanol–water partition coefficient (Wildman–Crippen LogP) is 3.84. The molecule has 0 heterocycles. The summed E-state index contributed by atoms with van der Waals surface area (Å²) in [7, 11) is 1.44. The normalized spacial score (nSPS) is 20.5. The minimum atomic E-state index is -0.197. The van der Waals surface area contributed by atoms with E-state index in [1.165, 1.54) is 52.1 Å². The van der Waals surface area contributed by atoms with Crippen LogP contribution in [0.4, 0.5) is 0 Å². The molecule has 0 aromatic heterocycles. The van der Waals surface area contributed by atoms with E-state index in [1.54, 1.807) is 0 Å². The maximum absolute atomic E-state index is 11.2. The lowest BCUT2D eigenvalue weighted by Crippen LogP contribution is -2.05. The van der Waals surface area contributed by atoms with Crippen molar-refractivity contribution in [2.75, 3.05) is 7.11 Å². The van der Waals surface area contributed by atoms with Crippen LogP contribution >= 0.6 is 22.6 Å². The smallest absolute Gasteiger partial charge is 0.343 e. The average molecular weight is 322 g/mol. The van der Waals surface area contributed by atoms with Crippen LogP contribution in [-0.2, 0) is 9.53 Å². The molecule has 0 radical (unpaired) electrons. The Balaban J connectivity index is 2.49. The summed E-state index contributed by atoms with van der Waals surface area (Å²) in [6.07, 6.45) is 11.2. The summed E-state index contributed by atoms with van der Waals surface area (Å²) in [5.41, 5.74) is 0. The van der Waals surface area contributed by atoms with Crippen LogP contribution in [0, 0.1) is 5.92 Å². The van der Waals surface area contributed by atoms with E-state index < -0.39 is 0 Å². The van der Waals surface area contributed by atoms with Gasteiger partial charge in [0.2, 0.25) is 0 Å². The van der Waals surface area contributed by atoms with Gasteiger partial charge in [-0.1, -0.05) is 38.2 Å². The van der Waals surface area contributed by atoms with Crippen molar-refractivity contribution in [3.8, 4) is 0 Å². The highest BCUT2D eigenvalue weighted by Gasteiger charge is 2.12. The van der Waals surface area contributed by atoms with E-state index in [0.717, 1.165) is 3.58 Å². The van der Waals surface area contributed by atoms with Crippen molar-refractivity contribution in [1.29, 1.82) is 0 Å². The Morgan fingerprint density at radius 2 is 1.73 bits per heavy atom. The summed E-state index contributed by atoms with van der Waals surface area (Å²) in [5.74, 6) is 0.383. The molecule has 1 fully saturated rings. The number of halogens is 1. The van der Waals surface area contributed by atoms with Crippen LogP contribution in [-0.4, -0.2) is 13.1 Å². The van der Waals surface area contributed by atoms with E-state index in [1.807, 2.05) is 0 Å². The summed E-state index contributed by atoms with van der Waals surface area (Å²) < 4.78 is 5.43. The minimum absolute atomic E-state index is 0.197. The molecule has 0 bridgehead atoms. The van der Waals surface area contributed by atoms with Crippen molar-refractivity contribution < 1.29 is 9.53 Å². The van der Waals surface area contributed by atoms with Gasteiger partial charge in [0.15, 0.2) is 0 Å². The van der Waals surface area contributed by atoms with Gasteiger partial charge in [-0.3, -0.25) is 0 Å². The van der Waals surface area contributed by atoms with Crippen LogP contribution in [0.2, 0.25) is 0 Å². The molecule has 1 aliphatic carbocycles. The van der Waals surface area contributed by atoms with Gasteiger partial charge in [-0.15, -0.1) is 0 Å². The number of carbonyl (C=O) groups is 1. The second-order valence-corrected chi connectivity index (χ2v) is 5.27. The van der Waals surface area contributed by atoms with Crippen molar-refractivity contribution in [2.45, 2.75) is 44.9 Å². The number of methoxy groups -OCH3 is 1. The number of rotatable bonds is 2. The van der Waals surface area contributed by atoms with Crippen molar-refractivity contribution >= 4 is 28.6 Å². The van der Waals surface area contributed by atoms with Crippen LogP contribution in [0.25, 0.3) is 0 Å². The largest absolute Gasteiger partial charge is 0.465 e. The van der Waals surface area contributed by atoms with Gasteiger partial charge in [0.05, 0.1) is 10.7 Å². The Kier molecular flexibility index (Phi) is 6.29. The third kappa shape index (κ3) is 5.00. The number of ether oxygens (including phenoxy) is 1. The quantitative estimate of drug-likeness (QED) is 0.439. The van der Waals surface area contributed by atoms with E-state index in [0.29, 0.717) is 5.92 Å². The molecule has 15 heavy (non-hydrogen) atoms. The zero-order valence-electron chi connectivity index (χ0n) is 9.30. The fraction of sp³-hybridized carbons (Fsp3) is 0.750. The van der Waals surface area contributed by atoms with Gasteiger partial charge < -0.3 is 4.74 Å². The topological polar surface area (TPSA) is 26.3 Å². The molecule has 0 aliphatic heterocycles. The van der Waals surface area contributed by atoms with Gasteiger partial charge in [-0.05, 0) is 41.4 Å². The number of hydrogen-bond donors (Lipinski definition) is 0. The highest BCUT2D eigenvalue weighted by atomic mass is 127. The first-order chi connectivity index (χ1) is 7.24. The Morgan fingerprint density at radius 1 is 1.20 bits per heavy atom. The molecule has 0 spiro atoms. The Labute approximate surface area is 106 Å². The van der Waals surface area contributed by atoms with Crippen molar-refractivity contribution in [2.24, 2.45) is 5.92 Å². The number of carbonyl (C=O) groups excluding carboxylic acids is 1. The number of allylic oxidation sites excluding steroid dienone is 1. The molecule has 1 saturated carbocycles. The van der Waals surface area contributed by atoms with Crippen LogP contribution < -0.4 is 0 Å². The summed E-state index contributed by atoms with van der Waals surface area (Å²) in [5, 5.41) is 0. The SMILES string of the molecule is COC(=O)/C(I)=C/C1CCCCCCC1. The molecule has 3 heteroatoms. The standard InChI is InChI=1S/C12H19IO2/c1-15-12(14)11(13)9-10-7-5-3-2-4-6-8-10/h9-10H,2-8H2,1H3/b11-9-. The molecule has 0 aromatic carbocycles. The fourth-order valence-electron chi connectivity index (χ4n) is 2.03. The minimum Gasteiger partial charge on any atom is -0.465 e. The highest BCUT2D eigenvalue weighted by molar-refractivity contribution is 14.1. The Hall–Kier alpha value is -0.0600. The van der Waals surface area contributed by atoms with Crippen molar-refractivity contribution in [3.05, 3.63) is 9.66 Å². The molecular weight excluding hydrogens is 303 g/mol. The van der Waals surface area contributed by atoms with Gasteiger partial charge in [0.25, 0.3) is 0 Å². The molecule has 0 amide bonds. The van der Waals surface area contributed by atoms with Gasteiger partial charge in [-0.25, -0.2) is 4.79 Å². The maximum atomic E-state index is 11.2. The summed E-state index contributed by atoms with van der Waals surface area (Å²) >= 11 is 2.08. The second-order valence-electron chi connectivity index (χ2n) is 4.11. The number of esters is 1. The van der Waals surface area contributed by atoms with E-state index >= 15 is 0 Å². The molecule has 0 atom stereocenters. The van der Waals surface area contributed by atoms with Crippen molar-refractivity contribution in [1.82, 2.24) is 0 Å². The van der Waals surface area contributed by atoms with Gasteiger partial charge in [0.1, 0.15) is 0 Å². The van der Waals surface area contributed by atoms with Crippen LogP contribution in [0.5, 0.6) is 0 Å². The molecule has 1 rings (SSSR count). The van der Waals surface area contributed by atoms with E-state index in [-0.39, 0.29) is 5.97 Å². The molecular formula is C12H19IO2. The van der Waals surface area contributed by atoms with Gasteiger partial charge >= 0.3 is 5.97 Å². The third-order valence-corrected chi connectivity index (χ3v) is 3.71. The lowest BCUT2D eigenvalue weighted by molar-refractivity contribution is -0.135. The van der Waals surface area contributed by atoms with Crippen LogP contribution in [0.1, 0.15) is 44.9 Å². The fourth-order valence-corrected chi connectivity index (χ4v) is 2.76. The molecule has 1 aliphatic rings. The lowest BCUT2D eigenvalue weighted by Gasteiger charge is -2.16. The molecule has 0 N–H and O–H groups in total. The van der Waals surface area contributed by atoms with Crippen molar-refractivity contribution in [3.63, 3.8) is 0 Å². The van der Waals surface area contributed by atoms with Crippen LogP contribution in [0.15, 0.2) is 9.66 Å².